The summed E-state index contributed by atoms with van der Waals surface area (Å²) < 4.78 is 0. The van der Waals surface area contributed by atoms with Crippen LogP contribution in [0, 0.1) is 68.0 Å². The van der Waals surface area contributed by atoms with E-state index in [4.69, 9.17) is 0 Å². The zero-order chi connectivity index (χ0) is 42.4. The van der Waals surface area contributed by atoms with Gasteiger partial charge in [-0.1, -0.05) is 151 Å². The molecule has 3 rings (SSSR count). The number of hydrogen-bond donors (Lipinski definition) is 0. The van der Waals surface area contributed by atoms with E-state index >= 15 is 0 Å². The first-order valence-electron chi connectivity index (χ1n) is 21.4. The van der Waals surface area contributed by atoms with Gasteiger partial charge in [0.25, 0.3) is 0 Å². The summed E-state index contributed by atoms with van der Waals surface area (Å²) in [5.41, 5.74) is -1.72. The molecule has 0 amide bonds. The maximum atomic E-state index is 12.5. The van der Waals surface area contributed by atoms with Gasteiger partial charge in [0, 0.05) is 68.0 Å². The molecule has 0 aliphatic heterocycles. The van der Waals surface area contributed by atoms with Gasteiger partial charge in [-0.3, -0.25) is 28.8 Å². The molecule has 0 aromatic rings. The molecule has 0 heterocycles. The van der Waals surface area contributed by atoms with Crippen LogP contribution >= 0.6 is 0 Å². The van der Waals surface area contributed by atoms with Gasteiger partial charge < -0.3 is 0 Å². The van der Waals surface area contributed by atoms with E-state index in [1.807, 2.05) is 125 Å². The van der Waals surface area contributed by atoms with E-state index in [1.165, 1.54) is 0 Å². The molecular formula is C49H88O6. The Bertz CT molecular complexity index is 1200. The molecule has 0 unspecified atom stereocenters. The van der Waals surface area contributed by atoms with Crippen LogP contribution in [0.15, 0.2) is 0 Å². The summed E-state index contributed by atoms with van der Waals surface area (Å²) in [6, 6.07) is 0. The third-order valence-electron chi connectivity index (χ3n) is 11.8. The average Bonchev–Trinajstić information content (AvgIpc) is 3.04. The molecule has 3 aliphatic carbocycles. The maximum absolute atomic E-state index is 12.5. The molecule has 3 aliphatic rings. The molecule has 4 atom stereocenters. The molecular weight excluding hydrogens is 685 g/mol. The molecule has 0 aromatic heterocycles. The number of carbonyl (C=O) groups excluding carboxylic acids is 6. The second-order valence-electron chi connectivity index (χ2n) is 23.3. The molecule has 0 aromatic carbocycles. The van der Waals surface area contributed by atoms with E-state index in [9.17, 15) is 28.8 Å². The normalized spacial score (nSPS) is 25.4. The smallest absolute Gasteiger partial charge is 0.141 e. The Labute approximate surface area is 339 Å². The molecule has 3 saturated carbocycles. The van der Waals surface area contributed by atoms with Crippen LogP contribution in [-0.2, 0) is 28.8 Å². The highest BCUT2D eigenvalue weighted by atomic mass is 16.2. The highest BCUT2D eigenvalue weighted by Crippen LogP contribution is 2.41. The van der Waals surface area contributed by atoms with Crippen LogP contribution < -0.4 is 0 Å². The highest BCUT2D eigenvalue weighted by molar-refractivity contribution is 5.94. The lowest BCUT2D eigenvalue weighted by atomic mass is 9.66. The van der Waals surface area contributed by atoms with Crippen LogP contribution in [0.1, 0.15) is 209 Å². The number of ketones is 6. The quantitative estimate of drug-likeness (QED) is 0.266. The molecule has 6 nitrogen and oxygen atoms in total. The largest absolute Gasteiger partial charge is 0.299 e. The number of rotatable bonds is 6. The first kappa shape index (κ1) is 53.0. The fraction of sp³-hybridized carbons (Fsp3) is 0.878. The lowest BCUT2D eigenvalue weighted by molar-refractivity contribution is -0.142. The minimum atomic E-state index is -0.335. The van der Waals surface area contributed by atoms with Crippen LogP contribution in [0.2, 0.25) is 0 Å². The van der Waals surface area contributed by atoms with Crippen molar-refractivity contribution in [1.29, 1.82) is 0 Å². The summed E-state index contributed by atoms with van der Waals surface area (Å²) in [5.74, 6) is 2.36. The highest BCUT2D eigenvalue weighted by Gasteiger charge is 2.43. The average molecular weight is 773 g/mol. The second kappa shape index (κ2) is 20.1. The Hall–Kier alpha value is -1.98. The van der Waals surface area contributed by atoms with Crippen molar-refractivity contribution >= 4 is 34.7 Å². The molecule has 3 fully saturated rings. The minimum absolute atomic E-state index is 0. The summed E-state index contributed by atoms with van der Waals surface area (Å²) in [5, 5.41) is 0. The zero-order valence-electron chi connectivity index (χ0n) is 38.4. The van der Waals surface area contributed by atoms with Gasteiger partial charge in [0.2, 0.25) is 0 Å². The number of Topliss-reactive ketones (excluding diaryl/α,β-unsaturated/α-hetero) is 6. The molecule has 320 valence electrons. The van der Waals surface area contributed by atoms with Crippen molar-refractivity contribution < 1.29 is 28.8 Å². The SMILES string of the molecule is C.CC(C)(C)C(=O)C1CCC(C(=O)C(C)(C)C)CC1.CC(C)(C)C(=O)[C@@H]1CCCC[C@H]1C(=O)C(C)(C)C.CC(C)(C)C(=O)[C@@H]1CCC[C@@H](C(=O)C(C)(C)C)C1. The summed E-state index contributed by atoms with van der Waals surface area (Å²) in [7, 11) is 0. The van der Waals surface area contributed by atoms with Crippen molar-refractivity contribution in [2.24, 2.45) is 68.0 Å². The van der Waals surface area contributed by atoms with Gasteiger partial charge >= 0.3 is 0 Å². The van der Waals surface area contributed by atoms with Gasteiger partial charge in [-0.25, -0.2) is 0 Å². The Morgan fingerprint density at radius 3 is 0.727 bits per heavy atom. The van der Waals surface area contributed by atoms with Gasteiger partial charge in [-0.05, 0) is 57.8 Å². The van der Waals surface area contributed by atoms with Crippen molar-refractivity contribution in [2.45, 2.75) is 209 Å². The lowest BCUT2D eigenvalue weighted by Crippen LogP contribution is -2.42. The Morgan fingerprint density at radius 1 is 0.291 bits per heavy atom. The van der Waals surface area contributed by atoms with Crippen molar-refractivity contribution in [1.82, 2.24) is 0 Å². The van der Waals surface area contributed by atoms with E-state index < -0.39 is 0 Å². The Kier molecular flexibility index (Phi) is 19.4. The van der Waals surface area contributed by atoms with Gasteiger partial charge in [-0.15, -0.1) is 0 Å². The van der Waals surface area contributed by atoms with Crippen LogP contribution in [0.5, 0.6) is 0 Å². The third-order valence-corrected chi connectivity index (χ3v) is 11.8. The zero-order valence-corrected chi connectivity index (χ0v) is 38.4. The number of carbonyl (C=O) groups is 6. The molecule has 55 heavy (non-hydrogen) atoms. The minimum Gasteiger partial charge on any atom is -0.299 e. The summed E-state index contributed by atoms with van der Waals surface area (Å²) in [4.78, 5) is 74.1. The second-order valence-corrected chi connectivity index (χ2v) is 23.3. The molecule has 0 saturated heterocycles. The van der Waals surface area contributed by atoms with Crippen LogP contribution in [0.3, 0.4) is 0 Å². The standard InChI is InChI=1S/3C16H28O2.CH4/c1-15(2,3)13(17)11-7-9-12(10-8-11)14(18)16(4,5)6;1-15(2,3)13(17)11-8-7-9-12(10-11)14(18)16(4,5)6;1-15(2,3)13(17)11-9-7-8-10-12(11)14(18)16(4,5)6;/h3*11-12H,7-10H2,1-6H3;1H4/t;2*11-,12-;/m.11./s1. The molecule has 0 N–H and O–H groups in total. The first-order chi connectivity index (χ1) is 24.1. The van der Waals surface area contributed by atoms with E-state index in [2.05, 4.69) is 0 Å². The van der Waals surface area contributed by atoms with Crippen molar-refractivity contribution in [3.05, 3.63) is 0 Å². The fourth-order valence-corrected chi connectivity index (χ4v) is 8.60. The van der Waals surface area contributed by atoms with Gasteiger partial charge in [0.05, 0.1) is 0 Å². The van der Waals surface area contributed by atoms with E-state index in [0.29, 0.717) is 23.1 Å². The predicted molar refractivity (Wildman–Crippen MR) is 230 cm³/mol. The lowest BCUT2D eigenvalue weighted by Gasteiger charge is -2.36. The Morgan fingerprint density at radius 2 is 0.509 bits per heavy atom. The summed E-state index contributed by atoms with van der Waals surface area (Å²) >= 11 is 0. The third kappa shape index (κ3) is 16.4. The van der Waals surface area contributed by atoms with Gasteiger partial charge in [0.1, 0.15) is 34.7 Å². The Balaban J connectivity index is 0.000000788. The van der Waals surface area contributed by atoms with E-state index in [-0.39, 0.29) is 87.0 Å². The summed E-state index contributed by atoms with van der Waals surface area (Å²) in [6.45, 7) is 35.6. The van der Waals surface area contributed by atoms with Crippen LogP contribution in [0.25, 0.3) is 0 Å². The monoisotopic (exact) mass is 773 g/mol. The van der Waals surface area contributed by atoms with E-state index in [0.717, 1.165) is 77.0 Å². The van der Waals surface area contributed by atoms with Crippen molar-refractivity contribution in [3.8, 4) is 0 Å². The first-order valence-corrected chi connectivity index (χ1v) is 21.4. The topological polar surface area (TPSA) is 102 Å². The predicted octanol–water partition coefficient (Wildman–Crippen LogP) is 12.7. The molecule has 0 bridgehead atoms. The van der Waals surface area contributed by atoms with Crippen molar-refractivity contribution in [3.63, 3.8) is 0 Å². The van der Waals surface area contributed by atoms with Crippen LogP contribution in [-0.4, -0.2) is 34.7 Å². The molecule has 0 radical (unpaired) electrons. The van der Waals surface area contributed by atoms with Gasteiger partial charge in [0.15, 0.2) is 0 Å². The van der Waals surface area contributed by atoms with Crippen molar-refractivity contribution in [2.75, 3.05) is 0 Å². The molecule has 6 heteroatoms. The molecule has 0 spiro atoms. The number of hydrogen-bond acceptors (Lipinski definition) is 6. The van der Waals surface area contributed by atoms with Crippen LogP contribution in [0.4, 0.5) is 0 Å². The van der Waals surface area contributed by atoms with E-state index in [1.54, 1.807) is 0 Å². The van der Waals surface area contributed by atoms with Gasteiger partial charge in [-0.2, -0.15) is 0 Å². The fourth-order valence-electron chi connectivity index (χ4n) is 8.60. The maximum Gasteiger partial charge on any atom is 0.141 e. The summed E-state index contributed by atoms with van der Waals surface area (Å²) in [6.07, 6.45) is 11.2.